The molecule has 0 spiro atoms. The molecule has 0 N–H and O–H groups in total. The van der Waals surface area contributed by atoms with Crippen molar-refractivity contribution < 1.29 is 13.2 Å². The van der Waals surface area contributed by atoms with E-state index < -0.39 is 12.1 Å². The Morgan fingerprint density at radius 2 is 1.53 bits per heavy atom. The van der Waals surface area contributed by atoms with Gasteiger partial charge in [-0.1, -0.05) is 61.0 Å². The van der Waals surface area contributed by atoms with Gasteiger partial charge in [0.1, 0.15) is 0 Å². The van der Waals surface area contributed by atoms with Crippen molar-refractivity contribution in [1.29, 1.82) is 5.26 Å². The zero-order valence-corrected chi connectivity index (χ0v) is 21.0. The monoisotopic (exact) mass is 472 g/mol. The van der Waals surface area contributed by atoms with Crippen molar-refractivity contribution in [2.75, 3.05) is 6.54 Å². The van der Waals surface area contributed by atoms with Gasteiger partial charge in [0, 0.05) is 25.6 Å². The van der Waals surface area contributed by atoms with Gasteiger partial charge in [0.15, 0.2) is 0 Å². The largest absolute Gasteiger partial charge is 0.392 e. The van der Waals surface area contributed by atoms with Crippen molar-refractivity contribution in [3.63, 3.8) is 0 Å². The first-order valence-corrected chi connectivity index (χ1v) is 12.4. The molecule has 0 radical (unpaired) electrons. The third-order valence-corrected chi connectivity index (χ3v) is 6.93. The molecule has 2 aromatic carbocycles. The van der Waals surface area contributed by atoms with Gasteiger partial charge in [-0.05, 0) is 75.5 Å². The molecule has 2 nitrogen and oxygen atoms in total. The Labute approximate surface area is 203 Å². The van der Waals surface area contributed by atoms with Crippen LogP contribution in [-0.4, -0.2) is 29.7 Å². The van der Waals surface area contributed by atoms with E-state index in [1.165, 1.54) is 18.1 Å². The van der Waals surface area contributed by atoms with E-state index in [0.717, 1.165) is 31.4 Å². The topological polar surface area (TPSA) is 27.0 Å². The first-order chi connectivity index (χ1) is 16.2. The van der Waals surface area contributed by atoms with E-state index in [-0.39, 0.29) is 12.3 Å². The van der Waals surface area contributed by atoms with Crippen LogP contribution in [0.2, 0.25) is 0 Å². The number of aryl methyl sites for hydroxylation is 1. The summed E-state index contributed by atoms with van der Waals surface area (Å²) in [6, 6.07) is 21.2. The smallest absolute Gasteiger partial charge is 0.298 e. The van der Waals surface area contributed by atoms with Gasteiger partial charge in [-0.3, -0.25) is 4.90 Å². The fourth-order valence-electron chi connectivity index (χ4n) is 5.11. The van der Waals surface area contributed by atoms with Crippen LogP contribution in [0, 0.1) is 17.2 Å². The van der Waals surface area contributed by atoms with Gasteiger partial charge in [0.25, 0.3) is 0 Å². The van der Waals surface area contributed by atoms with E-state index >= 15 is 0 Å². The minimum Gasteiger partial charge on any atom is -0.298 e. The summed E-state index contributed by atoms with van der Waals surface area (Å²) in [6.07, 6.45) is 0.522. The second-order valence-corrected chi connectivity index (χ2v) is 9.61. The van der Waals surface area contributed by atoms with E-state index in [0.29, 0.717) is 24.9 Å². The van der Waals surface area contributed by atoms with Crippen LogP contribution in [0.1, 0.15) is 76.0 Å². The summed E-state index contributed by atoms with van der Waals surface area (Å²) in [5.41, 5.74) is 3.42. The molecule has 3 rings (SSSR count). The summed E-state index contributed by atoms with van der Waals surface area (Å²) >= 11 is 0. The molecule has 34 heavy (non-hydrogen) atoms. The lowest BCUT2D eigenvalue weighted by Gasteiger charge is -2.33. The second kappa shape index (κ2) is 13.5. The van der Waals surface area contributed by atoms with Crippen LogP contribution in [-0.2, 0) is 12.8 Å². The summed E-state index contributed by atoms with van der Waals surface area (Å²) in [5, 5.41) is 7.32. The zero-order chi connectivity index (χ0) is 25.1. The van der Waals surface area contributed by atoms with Gasteiger partial charge in [0.2, 0.25) is 0 Å². The third kappa shape index (κ3) is 8.47. The Bertz CT molecular complexity index is 869. The number of halogens is 3. The molecule has 5 heteroatoms. The number of hydrogen-bond acceptors (Lipinski definition) is 2. The molecule has 1 saturated carbocycles. The number of alkyl halides is 3. The third-order valence-electron chi connectivity index (χ3n) is 6.93. The summed E-state index contributed by atoms with van der Waals surface area (Å²) < 4.78 is 39.9. The fraction of sp³-hybridized carbons (Fsp3) is 0.552. The first kappa shape index (κ1) is 27.9. The Balaban J connectivity index is 0.00000129. The maximum Gasteiger partial charge on any atom is 0.392 e. The Hall–Kier alpha value is -2.32. The highest BCUT2D eigenvalue weighted by molar-refractivity contribution is 5.27. The summed E-state index contributed by atoms with van der Waals surface area (Å²) in [4.78, 5) is 2.55. The molecule has 1 aliphatic rings. The number of benzene rings is 2. The first-order valence-electron chi connectivity index (χ1n) is 12.4. The molecule has 0 aliphatic heterocycles. The van der Waals surface area contributed by atoms with E-state index in [2.05, 4.69) is 49.9 Å². The van der Waals surface area contributed by atoms with Gasteiger partial charge in [-0.2, -0.15) is 18.4 Å². The highest BCUT2D eigenvalue weighted by Crippen LogP contribution is 2.48. The van der Waals surface area contributed by atoms with E-state index in [1.54, 1.807) is 6.07 Å². The van der Waals surface area contributed by atoms with Crippen molar-refractivity contribution in [2.24, 2.45) is 5.92 Å². The van der Waals surface area contributed by atoms with Gasteiger partial charge in [0.05, 0.1) is 12.0 Å². The van der Waals surface area contributed by atoms with Crippen LogP contribution >= 0.6 is 0 Å². The van der Waals surface area contributed by atoms with Gasteiger partial charge < -0.3 is 0 Å². The molecule has 0 heterocycles. The molecular formula is C29H39F3N2. The Morgan fingerprint density at radius 3 is 2.09 bits per heavy atom. The standard InChI is InChI=1S/C27H36F3N.C2H3N/c1-20(2)31(19-18-22-8-5-4-6-9-22)21(3)12-13-23-14-16-24(17-15-23)25-10-7-11-26(25)27(28,29)30;1-2-3/h4-6,8-9,14-17,20-21,25-26H,7,10-13,18-19H2,1-3H3;1H3. The second-order valence-electron chi connectivity index (χ2n) is 9.61. The maximum atomic E-state index is 13.3. The van der Waals surface area contributed by atoms with Crippen LogP contribution in [0.5, 0.6) is 0 Å². The average Bonchev–Trinajstić information content (AvgIpc) is 3.30. The molecule has 0 aromatic heterocycles. The summed E-state index contributed by atoms with van der Waals surface area (Å²) in [6.45, 7) is 9.23. The fourth-order valence-corrected chi connectivity index (χ4v) is 5.11. The lowest BCUT2D eigenvalue weighted by molar-refractivity contribution is -0.176. The molecular weight excluding hydrogens is 433 g/mol. The van der Waals surface area contributed by atoms with Crippen LogP contribution in [0.25, 0.3) is 0 Å². The Kier molecular flexibility index (Phi) is 11.1. The normalized spacial score (nSPS) is 18.9. The van der Waals surface area contributed by atoms with Crippen LogP contribution < -0.4 is 0 Å². The molecule has 0 amide bonds. The van der Waals surface area contributed by atoms with E-state index in [9.17, 15) is 13.2 Å². The van der Waals surface area contributed by atoms with Crippen molar-refractivity contribution in [3.8, 4) is 6.07 Å². The van der Waals surface area contributed by atoms with Crippen LogP contribution in [0.4, 0.5) is 13.2 Å². The SMILES string of the molecule is CC#N.CC(C)N(CCc1ccccc1)C(C)CCc1ccc(C2CCCC2C(F)(F)F)cc1. The minimum absolute atomic E-state index is 0.265. The molecule has 3 atom stereocenters. The van der Waals surface area contributed by atoms with Gasteiger partial charge in [-0.25, -0.2) is 0 Å². The number of hydrogen-bond donors (Lipinski definition) is 0. The average molecular weight is 473 g/mol. The molecule has 3 unspecified atom stereocenters. The van der Waals surface area contributed by atoms with Crippen LogP contribution in [0.3, 0.4) is 0 Å². The predicted octanol–water partition coefficient (Wildman–Crippen LogP) is 7.94. The highest BCUT2D eigenvalue weighted by Gasteiger charge is 2.47. The van der Waals surface area contributed by atoms with Gasteiger partial charge >= 0.3 is 6.18 Å². The van der Waals surface area contributed by atoms with Crippen molar-refractivity contribution in [1.82, 2.24) is 4.90 Å². The number of rotatable bonds is 9. The Morgan fingerprint density at radius 1 is 0.941 bits per heavy atom. The zero-order valence-electron chi connectivity index (χ0n) is 21.0. The lowest BCUT2D eigenvalue weighted by Crippen LogP contribution is -2.40. The molecule has 186 valence electrons. The molecule has 0 saturated heterocycles. The maximum absolute atomic E-state index is 13.3. The summed E-state index contributed by atoms with van der Waals surface area (Å²) in [5.74, 6) is -1.55. The van der Waals surface area contributed by atoms with E-state index in [4.69, 9.17) is 5.26 Å². The summed E-state index contributed by atoms with van der Waals surface area (Å²) in [7, 11) is 0. The van der Waals surface area contributed by atoms with E-state index in [1.807, 2.05) is 30.3 Å². The number of nitrogens with zero attached hydrogens (tertiary/aromatic N) is 2. The van der Waals surface area contributed by atoms with Gasteiger partial charge in [-0.15, -0.1) is 0 Å². The quantitative estimate of drug-likeness (QED) is 0.370. The van der Waals surface area contributed by atoms with Crippen molar-refractivity contribution in [3.05, 3.63) is 71.3 Å². The molecule has 1 fully saturated rings. The lowest BCUT2D eigenvalue weighted by atomic mass is 9.87. The van der Waals surface area contributed by atoms with Crippen molar-refractivity contribution >= 4 is 0 Å². The van der Waals surface area contributed by atoms with Crippen LogP contribution in [0.15, 0.2) is 54.6 Å². The molecule has 0 bridgehead atoms. The number of nitriles is 1. The molecule has 2 aromatic rings. The minimum atomic E-state index is -4.09. The molecule has 1 aliphatic carbocycles. The highest BCUT2D eigenvalue weighted by atomic mass is 19.4. The predicted molar refractivity (Wildman–Crippen MR) is 134 cm³/mol. The van der Waals surface area contributed by atoms with Crippen molar-refractivity contribution in [2.45, 2.75) is 90.4 Å².